The Balaban J connectivity index is 1.29. The summed E-state index contributed by atoms with van der Waals surface area (Å²) in [5.74, 6) is 0.630. The van der Waals surface area contributed by atoms with Gasteiger partial charge in [0.2, 0.25) is 0 Å². The minimum absolute atomic E-state index is 0.0768. The van der Waals surface area contributed by atoms with E-state index in [1.165, 1.54) is 17.8 Å². The van der Waals surface area contributed by atoms with E-state index >= 15 is 0 Å². The molecule has 0 radical (unpaired) electrons. The highest BCUT2D eigenvalue weighted by Gasteiger charge is 2.26. The maximum Gasteiger partial charge on any atom is 0.149 e. The highest BCUT2D eigenvalue weighted by atomic mass is 16.3. The van der Waals surface area contributed by atoms with E-state index in [0.29, 0.717) is 33.7 Å². The third kappa shape index (κ3) is 8.86. The van der Waals surface area contributed by atoms with Crippen molar-refractivity contribution in [3.63, 3.8) is 0 Å². The van der Waals surface area contributed by atoms with E-state index in [0.717, 1.165) is 61.3 Å². The van der Waals surface area contributed by atoms with E-state index in [1.807, 2.05) is 74.5 Å². The number of nitrogens with zero attached hydrogens (tertiary/aromatic N) is 3. The van der Waals surface area contributed by atoms with E-state index in [2.05, 4.69) is 108 Å². The monoisotopic (exact) mass is 891 g/mol. The SMILES string of the molecule is [2H]c1c([2H])c(C(C([2H])([2H])[2H])(C([2H])([2H])[2H])C([2H])([2H])[2H])c([2H])c([2H])c1-c1ccnc(-c2cc(-c3cccc4c3nc(-c3cc(C)cc(C)c3O)n4-c3cc(C)c(-c4ccccc4)cc3-c3ccc(C(C)(C)C)cc3)cc(C(C)(C)C)c2)c1. The Hall–Kier alpha value is -7.04. The van der Waals surface area contributed by atoms with E-state index in [4.69, 9.17) is 27.8 Å². The van der Waals surface area contributed by atoms with Gasteiger partial charge >= 0.3 is 0 Å². The van der Waals surface area contributed by atoms with Gasteiger partial charge < -0.3 is 5.11 Å². The summed E-state index contributed by atoms with van der Waals surface area (Å²) in [7, 11) is 0. The van der Waals surface area contributed by atoms with Crippen LogP contribution in [-0.2, 0) is 16.2 Å². The van der Waals surface area contributed by atoms with Gasteiger partial charge in [-0.1, -0.05) is 165 Å². The van der Waals surface area contributed by atoms with Crippen molar-refractivity contribution < 1.29 is 22.9 Å². The lowest BCUT2D eigenvalue weighted by molar-refractivity contribution is 0.472. The average molecular weight is 891 g/mol. The standard InChI is InChI=1S/C63H63N3O/c1-39-31-41(3)59(67)54(32-39)60-65-58-51(46-34-47(36-50(35-46)63(10,11)12)55-37-45(29-30-64-55)42-21-25-48(26-22-42)61(4,5)6)19-16-20-56(58)66(60)57-33-40(2)52(43-17-14-13-15-18-43)38-53(57)44-23-27-49(28-24-44)62(7,8)9/h13-38,67H,1-12H3/i4D3,5D3,6D3,21D,22D,25D,26D. The van der Waals surface area contributed by atoms with Crippen LogP contribution < -0.4 is 0 Å². The minimum atomic E-state index is -3.81. The van der Waals surface area contributed by atoms with Gasteiger partial charge in [0.05, 0.1) is 33.5 Å². The van der Waals surface area contributed by atoms with Crippen LogP contribution in [0.3, 0.4) is 0 Å². The highest BCUT2D eigenvalue weighted by Crippen LogP contribution is 2.44. The molecule has 4 nitrogen and oxygen atoms in total. The molecule has 67 heavy (non-hydrogen) atoms. The van der Waals surface area contributed by atoms with E-state index in [1.54, 1.807) is 6.07 Å². The fourth-order valence-corrected chi connectivity index (χ4v) is 8.83. The van der Waals surface area contributed by atoms with Crippen molar-refractivity contribution in [1.29, 1.82) is 0 Å². The van der Waals surface area contributed by atoms with Gasteiger partial charge in [0.25, 0.3) is 0 Å². The molecule has 9 aromatic rings. The van der Waals surface area contributed by atoms with Crippen molar-refractivity contribution in [2.75, 3.05) is 0 Å². The predicted molar refractivity (Wildman–Crippen MR) is 283 cm³/mol. The van der Waals surface area contributed by atoms with Crippen molar-refractivity contribution in [2.24, 2.45) is 0 Å². The lowest BCUT2D eigenvalue weighted by Gasteiger charge is -2.22. The third-order valence-corrected chi connectivity index (χ3v) is 12.6. The van der Waals surface area contributed by atoms with Crippen LogP contribution in [0.5, 0.6) is 5.75 Å². The number of imidazole rings is 1. The van der Waals surface area contributed by atoms with Gasteiger partial charge in [0, 0.05) is 35.2 Å². The second kappa shape index (κ2) is 17.0. The zero-order valence-corrected chi connectivity index (χ0v) is 39.5. The number of pyridine rings is 1. The fraction of sp³-hybridized carbons (Fsp3) is 0.238. The van der Waals surface area contributed by atoms with Crippen molar-refractivity contribution in [3.05, 3.63) is 191 Å². The molecule has 1 N–H and O–H groups in total. The number of aromatic hydroxyl groups is 1. The summed E-state index contributed by atoms with van der Waals surface area (Å²) in [4.78, 5) is 10.3. The molecular formula is C63H63N3O. The number of benzene rings is 7. The highest BCUT2D eigenvalue weighted by molar-refractivity contribution is 5.98. The molecule has 0 aliphatic heterocycles. The molecule has 0 saturated heterocycles. The van der Waals surface area contributed by atoms with Gasteiger partial charge in [0.1, 0.15) is 11.6 Å². The Bertz CT molecular complexity index is 3830. The zero-order valence-electron chi connectivity index (χ0n) is 52.5. The summed E-state index contributed by atoms with van der Waals surface area (Å²) in [5.41, 5.74) is 8.55. The van der Waals surface area contributed by atoms with Crippen LogP contribution in [0.2, 0.25) is 0 Å². The molecule has 336 valence electrons. The first-order chi connectivity index (χ1) is 37.2. The molecule has 2 aromatic heterocycles. The Morgan fingerprint density at radius 1 is 0.507 bits per heavy atom. The first kappa shape index (κ1) is 31.8. The summed E-state index contributed by atoms with van der Waals surface area (Å²) in [6.45, 7) is 7.36. The second-order valence-electron chi connectivity index (χ2n) is 19.8. The zero-order chi connectivity index (χ0) is 58.6. The molecule has 0 unspecified atom stereocenters. The van der Waals surface area contributed by atoms with Gasteiger partial charge in [-0.25, -0.2) is 4.98 Å². The lowest BCUT2D eigenvalue weighted by atomic mass is 9.83. The summed E-state index contributed by atoms with van der Waals surface area (Å²) in [6, 6.07) is 38.6. The number of aryl methyl sites for hydroxylation is 3. The van der Waals surface area contributed by atoms with Crippen LogP contribution in [0.4, 0.5) is 0 Å². The van der Waals surface area contributed by atoms with Crippen molar-refractivity contribution in [2.45, 2.75) is 99.1 Å². The summed E-state index contributed by atoms with van der Waals surface area (Å²) in [5, 5.41) is 12.0. The quantitative estimate of drug-likeness (QED) is 0.173. The molecule has 7 aromatic carbocycles. The molecule has 0 aliphatic carbocycles. The summed E-state index contributed by atoms with van der Waals surface area (Å²) in [6.07, 6.45) is 1.44. The molecular weight excluding hydrogens is 815 g/mol. The molecule has 9 rings (SSSR count). The van der Waals surface area contributed by atoms with Crippen LogP contribution in [0.25, 0.3) is 83.9 Å². The molecule has 2 heterocycles. The Kier molecular flexibility index (Phi) is 8.07. The number of rotatable bonds is 7. The van der Waals surface area contributed by atoms with Crippen molar-refractivity contribution in [3.8, 4) is 78.6 Å². The van der Waals surface area contributed by atoms with Crippen molar-refractivity contribution >= 4 is 11.0 Å². The molecule has 0 fully saturated rings. The average Bonchev–Trinajstić information content (AvgIpc) is 3.92. The largest absolute Gasteiger partial charge is 0.507 e. The van der Waals surface area contributed by atoms with Gasteiger partial charge in [0.15, 0.2) is 0 Å². The Labute approximate surface area is 416 Å². The third-order valence-electron chi connectivity index (χ3n) is 12.6. The first-order valence-electron chi connectivity index (χ1n) is 29.0. The van der Waals surface area contributed by atoms with Gasteiger partial charge in [-0.05, 0) is 152 Å². The molecule has 0 saturated carbocycles. The molecule has 0 atom stereocenters. The number of aromatic nitrogens is 3. The fourth-order valence-electron chi connectivity index (χ4n) is 8.83. The first-order valence-corrected chi connectivity index (χ1v) is 22.5. The van der Waals surface area contributed by atoms with Crippen LogP contribution in [0, 0.1) is 20.8 Å². The van der Waals surface area contributed by atoms with Gasteiger partial charge in [-0.2, -0.15) is 0 Å². The summed E-state index contributed by atoms with van der Waals surface area (Å²) < 4.78 is 113. The van der Waals surface area contributed by atoms with Crippen LogP contribution in [-0.4, -0.2) is 19.6 Å². The van der Waals surface area contributed by atoms with Gasteiger partial charge in [-0.15, -0.1) is 0 Å². The topological polar surface area (TPSA) is 50.9 Å². The maximum absolute atomic E-state index is 12.0. The number of hydrogen-bond donors (Lipinski definition) is 1. The lowest BCUT2D eigenvalue weighted by Crippen LogP contribution is -2.11. The summed E-state index contributed by atoms with van der Waals surface area (Å²) >= 11 is 0. The molecule has 4 heteroatoms. The molecule has 0 bridgehead atoms. The number of fused-ring (bicyclic) bond motifs is 1. The second-order valence-corrected chi connectivity index (χ2v) is 19.8. The van der Waals surface area contributed by atoms with Crippen LogP contribution in [0.1, 0.15) is 113 Å². The molecule has 0 spiro atoms. The Morgan fingerprint density at radius 2 is 1.19 bits per heavy atom. The molecule has 0 amide bonds. The van der Waals surface area contributed by atoms with E-state index in [9.17, 15) is 5.11 Å². The Morgan fingerprint density at radius 3 is 1.88 bits per heavy atom. The van der Waals surface area contributed by atoms with E-state index in [-0.39, 0.29) is 22.3 Å². The van der Waals surface area contributed by atoms with E-state index < -0.39 is 61.1 Å². The molecule has 0 aliphatic rings. The van der Waals surface area contributed by atoms with Crippen molar-refractivity contribution in [1.82, 2.24) is 14.5 Å². The predicted octanol–water partition coefficient (Wildman–Crippen LogP) is 16.9. The number of phenolic OH excluding ortho intramolecular Hbond substituents is 1. The maximum atomic E-state index is 12.0. The van der Waals surface area contributed by atoms with Crippen LogP contribution >= 0.6 is 0 Å². The smallest absolute Gasteiger partial charge is 0.149 e. The number of hydrogen-bond acceptors (Lipinski definition) is 3. The van der Waals surface area contributed by atoms with Gasteiger partial charge in [-0.3, -0.25) is 9.55 Å². The number of para-hydroxylation sites is 1. The number of phenols is 1. The minimum Gasteiger partial charge on any atom is -0.507 e. The normalized spacial score (nSPS) is 15.6. The van der Waals surface area contributed by atoms with Crippen LogP contribution in [0.15, 0.2) is 158 Å².